The molecule has 3 rings (SSSR count). The van der Waals surface area contributed by atoms with Crippen molar-refractivity contribution in [2.24, 2.45) is 0 Å². The fraction of sp³-hybridized carbons (Fsp3) is 0.250. The molecule has 0 heterocycles. The number of hydrogen-bond donors (Lipinski definition) is 1. The van der Waals surface area contributed by atoms with Crippen molar-refractivity contribution in [2.45, 2.75) is 39.2 Å². The van der Waals surface area contributed by atoms with Crippen molar-refractivity contribution < 1.29 is 0 Å². The van der Waals surface area contributed by atoms with Crippen LogP contribution in [0.3, 0.4) is 0 Å². The van der Waals surface area contributed by atoms with Crippen LogP contribution in [0.15, 0.2) is 66.7 Å². The Morgan fingerprint density at radius 1 is 0.923 bits per heavy atom. The van der Waals surface area contributed by atoms with E-state index >= 15 is 0 Å². The van der Waals surface area contributed by atoms with Crippen molar-refractivity contribution in [3.05, 3.63) is 83.4 Å². The van der Waals surface area contributed by atoms with Crippen molar-refractivity contribution in [1.29, 1.82) is 0 Å². The summed E-state index contributed by atoms with van der Waals surface area (Å²) in [5.41, 5.74) is 7.18. The fourth-order valence-corrected chi connectivity index (χ4v) is 3.55. The number of fused-ring (bicyclic) bond motifs is 1. The molecule has 0 saturated carbocycles. The van der Waals surface area contributed by atoms with Gasteiger partial charge in [0.1, 0.15) is 8.07 Å². The van der Waals surface area contributed by atoms with Crippen molar-refractivity contribution >= 4 is 18.8 Å². The predicted octanol–water partition coefficient (Wildman–Crippen LogP) is 5.92. The monoisotopic (exact) mass is 357 g/mol. The van der Waals surface area contributed by atoms with Crippen molar-refractivity contribution in [3.8, 4) is 11.5 Å². The van der Waals surface area contributed by atoms with E-state index in [-0.39, 0.29) is 6.04 Å². The van der Waals surface area contributed by atoms with E-state index in [4.69, 9.17) is 0 Å². The Hall–Kier alpha value is -2.34. The first-order valence-electron chi connectivity index (χ1n) is 9.25. The van der Waals surface area contributed by atoms with E-state index in [9.17, 15) is 0 Å². The zero-order valence-corrected chi connectivity index (χ0v) is 17.1. The smallest absolute Gasteiger partial charge is 0.129 e. The van der Waals surface area contributed by atoms with Gasteiger partial charge in [0.25, 0.3) is 0 Å². The summed E-state index contributed by atoms with van der Waals surface area (Å²) < 4.78 is 0. The minimum absolute atomic E-state index is 0.290. The molecule has 1 nitrogen and oxygen atoms in total. The van der Waals surface area contributed by atoms with Gasteiger partial charge in [-0.15, -0.1) is 5.54 Å². The van der Waals surface area contributed by atoms with E-state index in [1.807, 2.05) is 0 Å². The largest absolute Gasteiger partial charge is 0.306 e. The zero-order chi connectivity index (χ0) is 18.6. The lowest BCUT2D eigenvalue weighted by molar-refractivity contribution is 0.578. The van der Waals surface area contributed by atoms with Gasteiger partial charge in [0.15, 0.2) is 0 Å². The highest BCUT2D eigenvalue weighted by Gasteiger charge is 2.09. The summed E-state index contributed by atoms with van der Waals surface area (Å²) in [6.07, 6.45) is 0. The molecule has 26 heavy (non-hydrogen) atoms. The minimum atomic E-state index is -1.34. The summed E-state index contributed by atoms with van der Waals surface area (Å²) in [4.78, 5) is 0. The number of hydrogen-bond acceptors (Lipinski definition) is 1. The van der Waals surface area contributed by atoms with Gasteiger partial charge in [-0.3, -0.25) is 0 Å². The Balaban J connectivity index is 1.73. The topological polar surface area (TPSA) is 12.0 Å². The molecule has 0 aliphatic carbocycles. The highest BCUT2D eigenvalue weighted by atomic mass is 28.3. The summed E-state index contributed by atoms with van der Waals surface area (Å²) in [6.45, 7) is 9.90. The van der Waals surface area contributed by atoms with Crippen LogP contribution in [0.2, 0.25) is 19.6 Å². The molecular formula is C24H27NSi. The zero-order valence-electron chi connectivity index (χ0n) is 16.1. The second-order valence-corrected chi connectivity index (χ2v) is 12.6. The maximum Gasteiger partial charge on any atom is 0.129 e. The minimum Gasteiger partial charge on any atom is -0.306 e. The maximum atomic E-state index is 3.67. The normalized spacial score (nSPS) is 12.5. The molecule has 3 aromatic carbocycles. The molecule has 0 aromatic heterocycles. The standard InChI is InChI=1S/C24H27NSi/c1-19(23-14-8-12-22-11-5-6-13-24(22)23)25-18-21-10-7-9-20(17-21)15-16-26(2,3)4/h5-14,17,19,25H,18H2,1-4H3. The SMILES string of the molecule is CC(NCc1cccc(C#C[Si](C)(C)C)c1)c1cccc2ccccc12. The lowest BCUT2D eigenvalue weighted by atomic mass is 9.99. The predicted molar refractivity (Wildman–Crippen MR) is 116 cm³/mol. The van der Waals surface area contributed by atoms with Gasteiger partial charge < -0.3 is 5.32 Å². The molecule has 0 fully saturated rings. The van der Waals surface area contributed by atoms with Crippen LogP contribution in [0, 0.1) is 11.5 Å². The molecular weight excluding hydrogens is 330 g/mol. The maximum absolute atomic E-state index is 3.67. The van der Waals surface area contributed by atoms with Gasteiger partial charge in [-0.1, -0.05) is 80.2 Å². The van der Waals surface area contributed by atoms with Gasteiger partial charge in [0, 0.05) is 18.2 Å². The van der Waals surface area contributed by atoms with Crippen LogP contribution in [0.1, 0.15) is 29.7 Å². The molecule has 0 saturated heterocycles. The Morgan fingerprint density at radius 3 is 2.46 bits per heavy atom. The first-order valence-corrected chi connectivity index (χ1v) is 12.8. The molecule has 1 N–H and O–H groups in total. The molecule has 0 spiro atoms. The quantitative estimate of drug-likeness (QED) is 0.451. The third-order valence-electron chi connectivity index (χ3n) is 4.41. The average molecular weight is 358 g/mol. The van der Waals surface area contributed by atoms with E-state index in [0.717, 1.165) is 12.1 Å². The van der Waals surface area contributed by atoms with Crippen molar-refractivity contribution in [1.82, 2.24) is 5.32 Å². The van der Waals surface area contributed by atoms with Crippen molar-refractivity contribution in [3.63, 3.8) is 0 Å². The van der Waals surface area contributed by atoms with Gasteiger partial charge in [-0.05, 0) is 41.0 Å². The van der Waals surface area contributed by atoms with Gasteiger partial charge in [-0.25, -0.2) is 0 Å². The molecule has 1 atom stereocenters. The van der Waals surface area contributed by atoms with Gasteiger partial charge in [0.05, 0.1) is 0 Å². The molecule has 0 amide bonds. The highest BCUT2D eigenvalue weighted by molar-refractivity contribution is 6.83. The van der Waals surface area contributed by atoms with E-state index < -0.39 is 8.07 Å². The second-order valence-electron chi connectivity index (χ2n) is 7.87. The van der Waals surface area contributed by atoms with Crippen LogP contribution in [-0.2, 0) is 6.54 Å². The van der Waals surface area contributed by atoms with Crippen molar-refractivity contribution in [2.75, 3.05) is 0 Å². The Kier molecular flexibility index (Phi) is 5.61. The molecule has 0 aliphatic rings. The van der Waals surface area contributed by atoms with E-state index in [1.54, 1.807) is 0 Å². The first-order chi connectivity index (χ1) is 12.4. The highest BCUT2D eigenvalue weighted by Crippen LogP contribution is 2.24. The average Bonchev–Trinajstić information content (AvgIpc) is 2.64. The Labute approximate surface area is 158 Å². The first kappa shape index (κ1) is 18.4. The van der Waals surface area contributed by atoms with Gasteiger partial charge in [-0.2, -0.15) is 0 Å². The molecule has 132 valence electrons. The van der Waals surface area contributed by atoms with Crippen LogP contribution in [0.4, 0.5) is 0 Å². The molecule has 0 aliphatic heterocycles. The molecule has 3 aromatic rings. The number of rotatable bonds is 4. The summed E-state index contributed by atoms with van der Waals surface area (Å²) in [5, 5.41) is 6.29. The summed E-state index contributed by atoms with van der Waals surface area (Å²) >= 11 is 0. The summed E-state index contributed by atoms with van der Waals surface area (Å²) in [7, 11) is -1.34. The Bertz CT molecular complexity index is 952. The van der Waals surface area contributed by atoms with Gasteiger partial charge in [0.2, 0.25) is 0 Å². The number of nitrogens with one attached hydrogen (secondary N) is 1. The summed E-state index contributed by atoms with van der Waals surface area (Å²) in [5.74, 6) is 3.35. The molecule has 2 heteroatoms. The molecule has 1 unspecified atom stereocenters. The van der Waals surface area contributed by atoms with E-state index in [1.165, 1.54) is 21.9 Å². The second kappa shape index (κ2) is 7.91. The van der Waals surface area contributed by atoms with E-state index in [2.05, 4.69) is 110 Å². The van der Waals surface area contributed by atoms with Crippen LogP contribution < -0.4 is 5.32 Å². The summed E-state index contributed by atoms with van der Waals surface area (Å²) in [6, 6.07) is 24.0. The number of benzene rings is 3. The van der Waals surface area contributed by atoms with Crippen LogP contribution in [0.5, 0.6) is 0 Å². The lowest BCUT2D eigenvalue weighted by Gasteiger charge is -2.17. The Morgan fingerprint density at radius 2 is 1.65 bits per heavy atom. The van der Waals surface area contributed by atoms with E-state index in [0.29, 0.717) is 0 Å². The van der Waals surface area contributed by atoms with Crippen LogP contribution in [-0.4, -0.2) is 8.07 Å². The lowest BCUT2D eigenvalue weighted by Crippen LogP contribution is -2.18. The third kappa shape index (κ3) is 4.85. The van der Waals surface area contributed by atoms with Crippen LogP contribution >= 0.6 is 0 Å². The fourth-order valence-electron chi connectivity index (χ4n) is 3.03. The third-order valence-corrected chi connectivity index (χ3v) is 5.29. The molecule has 0 radical (unpaired) electrons. The van der Waals surface area contributed by atoms with Gasteiger partial charge >= 0.3 is 0 Å². The molecule has 0 bridgehead atoms. The van der Waals surface area contributed by atoms with Crippen LogP contribution in [0.25, 0.3) is 10.8 Å².